The van der Waals surface area contributed by atoms with Crippen LogP contribution in [-0.2, 0) is 10.0 Å². The SMILES string of the molecule is CCCCN(C)C(=O)c1cccc(S(=O)(=O)Nc2c(C)cc(C)cc2C)c1. The van der Waals surface area contributed by atoms with Crippen LogP contribution >= 0.6 is 0 Å². The van der Waals surface area contributed by atoms with Gasteiger partial charge in [-0.2, -0.15) is 0 Å². The molecule has 0 unspecified atom stereocenters. The lowest BCUT2D eigenvalue weighted by atomic mass is 10.1. The van der Waals surface area contributed by atoms with Gasteiger partial charge in [-0.3, -0.25) is 9.52 Å². The van der Waals surface area contributed by atoms with Crippen molar-refractivity contribution in [2.75, 3.05) is 18.3 Å². The van der Waals surface area contributed by atoms with E-state index in [1.807, 2.05) is 32.9 Å². The number of hydrogen-bond donors (Lipinski definition) is 1. The molecular formula is C21H28N2O3S. The zero-order valence-corrected chi connectivity index (χ0v) is 17.5. The maximum atomic E-state index is 12.9. The fourth-order valence-electron chi connectivity index (χ4n) is 3.05. The second-order valence-electron chi connectivity index (χ2n) is 6.99. The smallest absolute Gasteiger partial charge is 0.261 e. The maximum absolute atomic E-state index is 12.9. The van der Waals surface area contributed by atoms with Crippen LogP contribution in [-0.4, -0.2) is 32.8 Å². The van der Waals surface area contributed by atoms with Gasteiger partial charge in [0.15, 0.2) is 0 Å². The van der Waals surface area contributed by atoms with Crippen LogP contribution in [0.25, 0.3) is 0 Å². The van der Waals surface area contributed by atoms with Crippen molar-refractivity contribution in [3.8, 4) is 0 Å². The van der Waals surface area contributed by atoms with E-state index in [1.165, 1.54) is 12.1 Å². The summed E-state index contributed by atoms with van der Waals surface area (Å²) in [6, 6.07) is 10.1. The summed E-state index contributed by atoms with van der Waals surface area (Å²) in [5, 5.41) is 0. The van der Waals surface area contributed by atoms with E-state index >= 15 is 0 Å². The average molecular weight is 389 g/mol. The number of carbonyl (C=O) groups is 1. The monoisotopic (exact) mass is 388 g/mol. The van der Waals surface area contributed by atoms with Gasteiger partial charge in [0, 0.05) is 19.2 Å². The molecule has 0 aliphatic rings. The predicted molar refractivity (Wildman–Crippen MR) is 110 cm³/mol. The summed E-state index contributed by atoms with van der Waals surface area (Å²) in [7, 11) is -2.06. The molecule has 0 atom stereocenters. The summed E-state index contributed by atoms with van der Waals surface area (Å²) in [6.07, 6.45) is 1.90. The van der Waals surface area contributed by atoms with Crippen molar-refractivity contribution in [2.24, 2.45) is 0 Å². The summed E-state index contributed by atoms with van der Waals surface area (Å²) in [5.74, 6) is -0.178. The van der Waals surface area contributed by atoms with E-state index in [2.05, 4.69) is 11.6 Å². The molecule has 0 aliphatic heterocycles. The summed E-state index contributed by atoms with van der Waals surface area (Å²) in [5.41, 5.74) is 3.76. The Morgan fingerprint density at radius 1 is 1.07 bits per heavy atom. The number of sulfonamides is 1. The van der Waals surface area contributed by atoms with Gasteiger partial charge in [0.05, 0.1) is 10.6 Å². The van der Waals surface area contributed by atoms with Gasteiger partial charge in [-0.1, -0.05) is 37.1 Å². The lowest BCUT2D eigenvalue weighted by molar-refractivity contribution is 0.0793. The molecule has 0 saturated heterocycles. The zero-order valence-electron chi connectivity index (χ0n) is 16.7. The minimum Gasteiger partial charge on any atom is -0.342 e. The Kier molecular flexibility index (Phi) is 6.65. The van der Waals surface area contributed by atoms with Crippen molar-refractivity contribution in [1.82, 2.24) is 4.90 Å². The number of hydrogen-bond acceptors (Lipinski definition) is 3. The molecular weight excluding hydrogens is 360 g/mol. The van der Waals surface area contributed by atoms with E-state index in [1.54, 1.807) is 24.1 Å². The highest BCUT2D eigenvalue weighted by Gasteiger charge is 2.19. The second kappa shape index (κ2) is 8.57. The molecule has 0 spiro atoms. The molecule has 2 aromatic rings. The quantitative estimate of drug-likeness (QED) is 0.770. The molecule has 2 rings (SSSR count). The minimum absolute atomic E-state index is 0.0802. The zero-order chi connectivity index (χ0) is 20.2. The van der Waals surface area contributed by atoms with Crippen molar-refractivity contribution in [1.29, 1.82) is 0 Å². The third kappa shape index (κ3) is 5.10. The van der Waals surface area contributed by atoms with Gasteiger partial charge in [-0.05, 0) is 56.5 Å². The van der Waals surface area contributed by atoms with Crippen LogP contribution < -0.4 is 4.72 Å². The molecule has 0 aromatic heterocycles. The number of carbonyl (C=O) groups excluding carboxylic acids is 1. The van der Waals surface area contributed by atoms with Gasteiger partial charge < -0.3 is 4.90 Å². The fraction of sp³-hybridized carbons (Fsp3) is 0.381. The first-order chi connectivity index (χ1) is 12.7. The van der Waals surface area contributed by atoms with Gasteiger partial charge in [-0.25, -0.2) is 8.42 Å². The third-order valence-electron chi connectivity index (χ3n) is 4.50. The first-order valence-electron chi connectivity index (χ1n) is 9.12. The van der Waals surface area contributed by atoms with Gasteiger partial charge in [0.2, 0.25) is 0 Å². The summed E-state index contributed by atoms with van der Waals surface area (Å²) in [4.78, 5) is 14.2. The number of nitrogens with zero attached hydrogens (tertiary/aromatic N) is 1. The molecule has 2 aromatic carbocycles. The summed E-state index contributed by atoms with van der Waals surface area (Å²) < 4.78 is 28.4. The molecule has 5 nitrogen and oxygen atoms in total. The Hall–Kier alpha value is -2.34. The Labute approximate surface area is 162 Å². The number of benzene rings is 2. The highest BCUT2D eigenvalue weighted by Crippen LogP contribution is 2.25. The van der Waals surface area contributed by atoms with Crippen LogP contribution in [0.2, 0.25) is 0 Å². The molecule has 146 valence electrons. The molecule has 6 heteroatoms. The minimum atomic E-state index is -3.79. The first-order valence-corrected chi connectivity index (χ1v) is 10.6. The molecule has 0 aliphatic carbocycles. The second-order valence-corrected chi connectivity index (χ2v) is 8.67. The molecule has 27 heavy (non-hydrogen) atoms. The number of rotatable bonds is 7. The van der Waals surface area contributed by atoms with Crippen LogP contribution in [0.4, 0.5) is 5.69 Å². The Morgan fingerprint density at radius 3 is 2.30 bits per heavy atom. The van der Waals surface area contributed by atoms with E-state index in [4.69, 9.17) is 0 Å². The number of nitrogens with one attached hydrogen (secondary N) is 1. The molecule has 0 saturated carbocycles. The van der Waals surface area contributed by atoms with E-state index in [9.17, 15) is 13.2 Å². The third-order valence-corrected chi connectivity index (χ3v) is 5.85. The topological polar surface area (TPSA) is 66.5 Å². The van der Waals surface area contributed by atoms with Gasteiger partial charge in [0.1, 0.15) is 0 Å². The molecule has 0 heterocycles. The van der Waals surface area contributed by atoms with Crippen molar-refractivity contribution < 1.29 is 13.2 Å². The molecule has 0 bridgehead atoms. The van der Waals surface area contributed by atoms with Crippen LogP contribution in [0, 0.1) is 20.8 Å². The molecule has 1 amide bonds. The van der Waals surface area contributed by atoms with Gasteiger partial charge in [0.25, 0.3) is 15.9 Å². The lowest BCUT2D eigenvalue weighted by Gasteiger charge is -2.18. The first kappa shape index (κ1) is 21.0. The standard InChI is InChI=1S/C21H28N2O3S/c1-6-7-11-23(5)21(24)18-9-8-10-19(14-18)27(25,26)22-20-16(3)12-15(2)13-17(20)4/h8-10,12-14,22H,6-7,11H2,1-5H3. The number of amides is 1. The van der Waals surface area contributed by atoms with E-state index in [-0.39, 0.29) is 10.8 Å². The van der Waals surface area contributed by atoms with Crippen LogP contribution in [0.3, 0.4) is 0 Å². The average Bonchev–Trinajstić information content (AvgIpc) is 2.62. The van der Waals surface area contributed by atoms with Crippen LogP contribution in [0.1, 0.15) is 46.8 Å². The Bertz CT molecular complexity index is 913. The van der Waals surface area contributed by atoms with Gasteiger partial charge >= 0.3 is 0 Å². The normalized spacial score (nSPS) is 11.3. The summed E-state index contributed by atoms with van der Waals surface area (Å²) in [6.45, 7) is 8.43. The van der Waals surface area contributed by atoms with Crippen LogP contribution in [0.15, 0.2) is 41.3 Å². The van der Waals surface area contributed by atoms with E-state index in [0.717, 1.165) is 29.5 Å². The van der Waals surface area contributed by atoms with Crippen molar-refractivity contribution in [3.63, 3.8) is 0 Å². The highest BCUT2D eigenvalue weighted by atomic mass is 32.2. The molecule has 0 fully saturated rings. The molecule has 0 radical (unpaired) electrons. The lowest BCUT2D eigenvalue weighted by Crippen LogP contribution is -2.28. The summed E-state index contributed by atoms with van der Waals surface area (Å²) >= 11 is 0. The Morgan fingerprint density at radius 2 is 1.70 bits per heavy atom. The fourth-order valence-corrected chi connectivity index (χ4v) is 4.30. The van der Waals surface area contributed by atoms with E-state index in [0.29, 0.717) is 17.8 Å². The number of anilines is 1. The molecule has 1 N–H and O–H groups in total. The highest BCUT2D eigenvalue weighted by molar-refractivity contribution is 7.92. The Balaban J connectivity index is 2.31. The van der Waals surface area contributed by atoms with Crippen molar-refractivity contribution in [2.45, 2.75) is 45.4 Å². The number of aryl methyl sites for hydroxylation is 3. The number of unbranched alkanes of at least 4 members (excludes halogenated alkanes) is 1. The van der Waals surface area contributed by atoms with Gasteiger partial charge in [-0.15, -0.1) is 0 Å². The van der Waals surface area contributed by atoms with E-state index < -0.39 is 10.0 Å². The van der Waals surface area contributed by atoms with Crippen molar-refractivity contribution >= 4 is 21.6 Å². The largest absolute Gasteiger partial charge is 0.342 e. The predicted octanol–water partition coefficient (Wildman–Crippen LogP) is 4.28. The van der Waals surface area contributed by atoms with Crippen molar-refractivity contribution in [3.05, 3.63) is 58.7 Å². The maximum Gasteiger partial charge on any atom is 0.261 e. The van der Waals surface area contributed by atoms with Crippen LogP contribution in [0.5, 0.6) is 0 Å².